The summed E-state index contributed by atoms with van der Waals surface area (Å²) in [7, 11) is 3.71. The van der Waals surface area contributed by atoms with Crippen LogP contribution in [0.5, 0.6) is 0 Å². The van der Waals surface area contributed by atoms with Gasteiger partial charge in [-0.15, -0.1) is 0 Å². The van der Waals surface area contributed by atoms with Crippen LogP contribution >= 0.6 is 0 Å². The molecule has 0 saturated carbocycles. The summed E-state index contributed by atoms with van der Waals surface area (Å²) in [5.74, 6) is 0.0612. The molecular formula is C36H57N7O4. The molecule has 0 aliphatic carbocycles. The Bertz CT molecular complexity index is 1370. The fourth-order valence-corrected chi connectivity index (χ4v) is 5.68. The Labute approximate surface area is 280 Å². The van der Waals surface area contributed by atoms with Crippen molar-refractivity contribution in [3.8, 4) is 0 Å². The van der Waals surface area contributed by atoms with Crippen LogP contribution in [-0.4, -0.2) is 89.6 Å². The first kappa shape index (κ1) is 37.9. The van der Waals surface area contributed by atoms with Gasteiger partial charge in [-0.25, -0.2) is 9.67 Å². The number of hydrogen-bond donors (Lipinski definition) is 4. The van der Waals surface area contributed by atoms with Crippen molar-refractivity contribution in [1.82, 2.24) is 30.3 Å². The fourth-order valence-electron chi connectivity index (χ4n) is 5.68. The van der Waals surface area contributed by atoms with Gasteiger partial charge in [0.15, 0.2) is 5.65 Å². The number of nitrogens with one attached hydrogen (secondary N) is 3. The number of unbranched alkanes of at least 4 members (excludes halogenated alkanes) is 4. The second-order valence-electron chi connectivity index (χ2n) is 12.3. The standard InChI is InChI=1S/C24H31N5O2.C12H26N2O2/c1-4-21-19(14-25-24(30)17-8-6-16(3)7-9-17)22(27-18-10-12-31-13-11-18)20-15-26-29(5-2)23(20)28-21;1-13-12(16)8-6-4-3-5-7-9-14(2)10-11-15/h6-9,15,18H,4-5,10-14H2,1-3H3,(H,25,30)(H,27,28);15H,3-11H2,1-2H3,(H,13,16). The summed E-state index contributed by atoms with van der Waals surface area (Å²) in [4.78, 5) is 30.7. The molecule has 1 saturated heterocycles. The maximum atomic E-state index is 12.8. The molecule has 1 fully saturated rings. The minimum atomic E-state index is -0.0802. The van der Waals surface area contributed by atoms with Crippen molar-refractivity contribution in [2.45, 2.75) is 97.7 Å². The van der Waals surface area contributed by atoms with Gasteiger partial charge >= 0.3 is 0 Å². The van der Waals surface area contributed by atoms with Crippen molar-refractivity contribution in [3.05, 3.63) is 52.8 Å². The predicted molar refractivity (Wildman–Crippen MR) is 189 cm³/mol. The Morgan fingerprint density at radius 2 is 1.74 bits per heavy atom. The number of benzene rings is 1. The van der Waals surface area contributed by atoms with E-state index in [1.54, 1.807) is 7.05 Å². The highest BCUT2D eigenvalue weighted by atomic mass is 16.5. The maximum Gasteiger partial charge on any atom is 0.251 e. The van der Waals surface area contributed by atoms with E-state index in [1.807, 2.05) is 49.1 Å². The smallest absolute Gasteiger partial charge is 0.251 e. The Morgan fingerprint density at radius 1 is 1.04 bits per heavy atom. The number of aliphatic hydroxyl groups is 1. The Kier molecular flexibility index (Phi) is 16.7. The minimum Gasteiger partial charge on any atom is -0.395 e. The van der Waals surface area contributed by atoms with Gasteiger partial charge in [0.2, 0.25) is 5.91 Å². The van der Waals surface area contributed by atoms with Gasteiger partial charge in [0.25, 0.3) is 5.91 Å². The van der Waals surface area contributed by atoms with Crippen LogP contribution in [-0.2, 0) is 29.0 Å². The number of amides is 2. The molecule has 0 bridgehead atoms. The van der Waals surface area contributed by atoms with Crippen LogP contribution in [0.1, 0.15) is 92.4 Å². The van der Waals surface area contributed by atoms with Gasteiger partial charge in [-0.05, 0) is 71.7 Å². The number of hydrogen-bond acceptors (Lipinski definition) is 8. The summed E-state index contributed by atoms with van der Waals surface area (Å²) in [6, 6.07) is 7.97. The molecule has 260 valence electrons. The number of pyridine rings is 1. The number of anilines is 1. The van der Waals surface area contributed by atoms with E-state index in [4.69, 9.17) is 14.8 Å². The summed E-state index contributed by atoms with van der Waals surface area (Å²) in [6.07, 6.45) is 11.0. The molecule has 1 aromatic carbocycles. The minimum absolute atomic E-state index is 0.0802. The molecule has 0 unspecified atom stereocenters. The molecule has 0 spiro atoms. The van der Waals surface area contributed by atoms with E-state index in [1.165, 1.54) is 19.3 Å². The molecule has 11 nitrogen and oxygen atoms in total. The molecule has 3 aromatic rings. The molecule has 4 rings (SSSR count). The van der Waals surface area contributed by atoms with Gasteiger partial charge in [0, 0.05) is 69.2 Å². The second-order valence-corrected chi connectivity index (χ2v) is 12.3. The average Bonchev–Trinajstić information content (AvgIpc) is 3.51. The topological polar surface area (TPSA) is 134 Å². The summed E-state index contributed by atoms with van der Waals surface area (Å²) in [5.41, 5.74) is 5.75. The van der Waals surface area contributed by atoms with Crippen LogP contribution in [0.3, 0.4) is 0 Å². The van der Waals surface area contributed by atoms with E-state index in [2.05, 4.69) is 39.8 Å². The van der Waals surface area contributed by atoms with Crippen molar-refractivity contribution in [1.29, 1.82) is 0 Å². The lowest BCUT2D eigenvalue weighted by Crippen LogP contribution is -2.30. The first-order valence-electron chi connectivity index (χ1n) is 17.4. The second kappa shape index (κ2) is 20.6. The summed E-state index contributed by atoms with van der Waals surface area (Å²) in [6.45, 7) is 10.9. The number of nitrogens with zero attached hydrogens (tertiary/aromatic N) is 4. The molecular weight excluding hydrogens is 594 g/mol. The third-order valence-electron chi connectivity index (χ3n) is 8.62. The monoisotopic (exact) mass is 651 g/mol. The highest BCUT2D eigenvalue weighted by Gasteiger charge is 2.22. The molecule has 3 heterocycles. The van der Waals surface area contributed by atoms with E-state index in [-0.39, 0.29) is 18.4 Å². The lowest BCUT2D eigenvalue weighted by molar-refractivity contribution is -0.120. The van der Waals surface area contributed by atoms with Crippen molar-refractivity contribution in [2.24, 2.45) is 0 Å². The number of aromatic nitrogens is 3. The lowest BCUT2D eigenvalue weighted by Gasteiger charge is -2.26. The number of carbonyl (C=O) groups excluding carboxylic acids is 2. The zero-order valence-electron chi connectivity index (χ0n) is 29.2. The van der Waals surface area contributed by atoms with Gasteiger partial charge < -0.3 is 30.7 Å². The Hall–Kier alpha value is -3.54. The zero-order chi connectivity index (χ0) is 34.0. The van der Waals surface area contributed by atoms with E-state index in [0.29, 0.717) is 24.6 Å². The van der Waals surface area contributed by atoms with Gasteiger partial charge in [-0.1, -0.05) is 43.9 Å². The van der Waals surface area contributed by atoms with Crippen LogP contribution < -0.4 is 16.0 Å². The largest absolute Gasteiger partial charge is 0.395 e. The normalized spacial score (nSPS) is 13.3. The molecule has 2 amide bonds. The van der Waals surface area contributed by atoms with Gasteiger partial charge in [0.1, 0.15) is 0 Å². The van der Waals surface area contributed by atoms with Crippen molar-refractivity contribution in [3.63, 3.8) is 0 Å². The summed E-state index contributed by atoms with van der Waals surface area (Å²) < 4.78 is 7.46. The molecule has 1 aliphatic heterocycles. The first-order valence-corrected chi connectivity index (χ1v) is 17.4. The fraction of sp³-hybridized carbons (Fsp3) is 0.611. The molecule has 47 heavy (non-hydrogen) atoms. The molecule has 11 heteroatoms. The van der Waals surface area contributed by atoms with Crippen LogP contribution in [0.25, 0.3) is 11.0 Å². The van der Waals surface area contributed by atoms with Crippen molar-refractivity contribution < 1.29 is 19.4 Å². The predicted octanol–water partition coefficient (Wildman–Crippen LogP) is 4.84. The van der Waals surface area contributed by atoms with Gasteiger partial charge in [-0.2, -0.15) is 5.10 Å². The number of rotatable bonds is 17. The van der Waals surface area contributed by atoms with Crippen LogP contribution in [0.2, 0.25) is 0 Å². The third kappa shape index (κ3) is 12.2. The Morgan fingerprint density at radius 3 is 2.40 bits per heavy atom. The van der Waals surface area contributed by atoms with Crippen LogP contribution in [0.15, 0.2) is 30.5 Å². The zero-order valence-corrected chi connectivity index (χ0v) is 29.2. The van der Waals surface area contributed by atoms with Crippen LogP contribution in [0.4, 0.5) is 5.69 Å². The lowest BCUT2D eigenvalue weighted by atomic mass is 10.0. The number of likely N-dealkylation sites (N-methyl/N-ethyl adjacent to an activating group) is 1. The Balaban J connectivity index is 0.000000320. The van der Waals surface area contributed by atoms with Crippen molar-refractivity contribution >= 4 is 28.5 Å². The number of carbonyl (C=O) groups is 2. The van der Waals surface area contributed by atoms with Crippen molar-refractivity contribution in [2.75, 3.05) is 52.3 Å². The van der Waals surface area contributed by atoms with E-state index in [0.717, 1.165) is 98.5 Å². The molecule has 1 aliphatic rings. The number of ether oxygens (including phenoxy) is 1. The SMILES string of the molecule is CCc1nc2c(cnn2CC)c(NC2CCOCC2)c1CNC(=O)c1ccc(C)cc1.CNC(=O)CCCCCCCN(C)CCO. The van der Waals surface area contributed by atoms with Crippen LogP contribution in [0, 0.1) is 6.92 Å². The molecule has 2 aromatic heterocycles. The third-order valence-corrected chi connectivity index (χ3v) is 8.62. The summed E-state index contributed by atoms with van der Waals surface area (Å²) >= 11 is 0. The maximum absolute atomic E-state index is 12.8. The van der Waals surface area contributed by atoms with Gasteiger partial charge in [-0.3, -0.25) is 9.59 Å². The average molecular weight is 652 g/mol. The van der Waals surface area contributed by atoms with E-state index >= 15 is 0 Å². The van der Waals surface area contributed by atoms with E-state index in [9.17, 15) is 9.59 Å². The van der Waals surface area contributed by atoms with Gasteiger partial charge in [0.05, 0.1) is 23.9 Å². The quantitative estimate of drug-likeness (QED) is 0.153. The summed E-state index contributed by atoms with van der Waals surface area (Å²) in [5, 5.41) is 23.7. The van der Waals surface area contributed by atoms with E-state index < -0.39 is 0 Å². The molecule has 0 atom stereocenters. The molecule has 4 N–H and O–H groups in total. The highest BCUT2D eigenvalue weighted by Crippen LogP contribution is 2.31. The number of aryl methyl sites for hydroxylation is 3. The molecule has 0 radical (unpaired) electrons. The number of fused-ring (bicyclic) bond motifs is 1. The first-order chi connectivity index (χ1) is 22.8. The highest BCUT2D eigenvalue weighted by molar-refractivity contribution is 5.95. The number of aliphatic hydroxyl groups excluding tert-OH is 1.